The van der Waals surface area contributed by atoms with E-state index >= 15 is 0 Å². The molecule has 0 aliphatic heterocycles. The summed E-state index contributed by atoms with van der Waals surface area (Å²) >= 11 is 0. The second-order valence-corrected chi connectivity index (χ2v) is 6.93. The summed E-state index contributed by atoms with van der Waals surface area (Å²) in [6.07, 6.45) is 8.44. The molecule has 0 saturated carbocycles. The molecule has 1 atom stereocenters. The van der Waals surface area contributed by atoms with Crippen molar-refractivity contribution in [3.05, 3.63) is 26.7 Å². The maximum atomic E-state index is 12.0. The van der Waals surface area contributed by atoms with Crippen LogP contribution < -0.4 is 11.2 Å². The fourth-order valence-corrected chi connectivity index (χ4v) is 3.22. The number of H-pyrrole nitrogens is 1. The third kappa shape index (κ3) is 5.04. The van der Waals surface area contributed by atoms with Gasteiger partial charge in [-0.05, 0) is 12.8 Å². The average molecular weight is 366 g/mol. The molecule has 8 heteroatoms. The van der Waals surface area contributed by atoms with Crippen molar-refractivity contribution >= 4 is 11.2 Å². The summed E-state index contributed by atoms with van der Waals surface area (Å²) in [6.45, 7) is -0.151. The van der Waals surface area contributed by atoms with Gasteiger partial charge in [-0.3, -0.25) is 14.3 Å². The van der Waals surface area contributed by atoms with E-state index in [0.29, 0.717) is 17.6 Å². The van der Waals surface area contributed by atoms with Gasteiger partial charge in [0.15, 0.2) is 11.2 Å². The Morgan fingerprint density at radius 2 is 1.62 bits per heavy atom. The van der Waals surface area contributed by atoms with Crippen molar-refractivity contribution in [3.63, 3.8) is 0 Å². The number of aromatic amines is 1. The lowest BCUT2D eigenvalue weighted by Gasteiger charge is -2.06. The molecular weight excluding hydrogens is 336 g/mol. The molecular formula is C18H30N4O4. The van der Waals surface area contributed by atoms with Crippen molar-refractivity contribution in [1.29, 1.82) is 0 Å². The number of imidazole rings is 1. The zero-order valence-corrected chi connectivity index (χ0v) is 15.7. The van der Waals surface area contributed by atoms with Gasteiger partial charge >= 0.3 is 5.69 Å². The predicted octanol–water partition coefficient (Wildman–Crippen LogP) is 0.977. The van der Waals surface area contributed by atoms with E-state index in [0.717, 1.165) is 57.2 Å². The van der Waals surface area contributed by atoms with Gasteiger partial charge in [0.2, 0.25) is 0 Å². The standard InChI is InChI=1S/C18H30N4O4/c1-21-14(19-16-15(21)17(25)20-18(26)22(16)2)11-9-7-5-3-4-6-8-10-13(24)12-23/h13,23-24H,3-12H2,1-2H3,(H,20,25,26). The molecule has 0 aliphatic carbocycles. The van der Waals surface area contributed by atoms with Gasteiger partial charge in [0.25, 0.3) is 5.56 Å². The van der Waals surface area contributed by atoms with Gasteiger partial charge in [0.1, 0.15) is 5.82 Å². The Morgan fingerprint density at radius 1 is 1.00 bits per heavy atom. The van der Waals surface area contributed by atoms with Crippen LogP contribution in [0.1, 0.15) is 57.2 Å². The summed E-state index contributed by atoms with van der Waals surface area (Å²) in [7, 11) is 3.42. The number of unbranched alkanes of at least 4 members (excludes halogenated alkanes) is 6. The molecule has 2 rings (SSSR count). The van der Waals surface area contributed by atoms with Gasteiger partial charge in [-0.25, -0.2) is 9.78 Å². The Hall–Kier alpha value is -1.93. The lowest BCUT2D eigenvalue weighted by molar-refractivity contribution is 0.0860. The van der Waals surface area contributed by atoms with E-state index < -0.39 is 17.4 Å². The molecule has 2 aromatic rings. The highest BCUT2D eigenvalue weighted by atomic mass is 16.3. The molecule has 8 nitrogen and oxygen atoms in total. The molecule has 0 bridgehead atoms. The summed E-state index contributed by atoms with van der Waals surface area (Å²) in [6, 6.07) is 0. The summed E-state index contributed by atoms with van der Waals surface area (Å²) in [5.41, 5.74) is 0.0304. The third-order valence-corrected chi connectivity index (χ3v) is 4.88. The van der Waals surface area contributed by atoms with Crippen LogP contribution >= 0.6 is 0 Å². The normalized spacial score (nSPS) is 12.8. The number of aryl methyl sites for hydroxylation is 3. The topological polar surface area (TPSA) is 113 Å². The quantitative estimate of drug-likeness (QED) is 0.513. The van der Waals surface area contributed by atoms with Crippen molar-refractivity contribution in [1.82, 2.24) is 19.1 Å². The smallest absolute Gasteiger partial charge is 0.329 e. The first-order chi connectivity index (χ1) is 12.5. The van der Waals surface area contributed by atoms with Gasteiger partial charge in [-0.15, -0.1) is 0 Å². The van der Waals surface area contributed by atoms with Crippen molar-refractivity contribution in [2.45, 2.75) is 63.9 Å². The largest absolute Gasteiger partial charge is 0.394 e. The first-order valence-electron chi connectivity index (χ1n) is 9.39. The molecule has 0 fully saturated rings. The maximum Gasteiger partial charge on any atom is 0.329 e. The van der Waals surface area contributed by atoms with E-state index in [4.69, 9.17) is 5.11 Å². The molecule has 0 spiro atoms. The number of aliphatic hydroxyl groups excluding tert-OH is 2. The lowest BCUT2D eigenvalue weighted by Crippen LogP contribution is -2.29. The minimum atomic E-state index is -0.574. The van der Waals surface area contributed by atoms with Gasteiger partial charge in [0, 0.05) is 20.5 Å². The van der Waals surface area contributed by atoms with Gasteiger partial charge in [-0.2, -0.15) is 0 Å². The van der Waals surface area contributed by atoms with Crippen LogP contribution in [0, 0.1) is 0 Å². The highest BCUT2D eigenvalue weighted by Crippen LogP contribution is 2.14. The minimum absolute atomic E-state index is 0.151. The van der Waals surface area contributed by atoms with Crippen LogP contribution in [0.2, 0.25) is 0 Å². The van der Waals surface area contributed by atoms with Crippen molar-refractivity contribution in [2.75, 3.05) is 6.61 Å². The summed E-state index contributed by atoms with van der Waals surface area (Å²) in [5, 5.41) is 18.0. The van der Waals surface area contributed by atoms with Gasteiger partial charge < -0.3 is 14.8 Å². The summed E-state index contributed by atoms with van der Waals surface area (Å²) in [4.78, 5) is 30.4. The molecule has 0 saturated heterocycles. The van der Waals surface area contributed by atoms with E-state index in [2.05, 4.69) is 9.97 Å². The predicted molar refractivity (Wildman–Crippen MR) is 100 cm³/mol. The maximum absolute atomic E-state index is 12.0. The fourth-order valence-electron chi connectivity index (χ4n) is 3.22. The van der Waals surface area contributed by atoms with Crippen molar-refractivity contribution in [3.8, 4) is 0 Å². The minimum Gasteiger partial charge on any atom is -0.394 e. The van der Waals surface area contributed by atoms with Crippen LogP contribution in [0.15, 0.2) is 9.59 Å². The zero-order chi connectivity index (χ0) is 19.1. The fraction of sp³-hybridized carbons (Fsp3) is 0.722. The van der Waals surface area contributed by atoms with E-state index in [1.807, 2.05) is 7.05 Å². The highest BCUT2D eigenvalue weighted by Gasteiger charge is 2.14. The first kappa shape index (κ1) is 20.4. The Morgan fingerprint density at radius 3 is 2.27 bits per heavy atom. The van der Waals surface area contributed by atoms with E-state index in [1.165, 1.54) is 4.57 Å². The van der Waals surface area contributed by atoms with E-state index in [-0.39, 0.29) is 6.61 Å². The van der Waals surface area contributed by atoms with E-state index in [9.17, 15) is 14.7 Å². The van der Waals surface area contributed by atoms with Crippen LogP contribution in [0.5, 0.6) is 0 Å². The van der Waals surface area contributed by atoms with Crippen molar-refractivity contribution < 1.29 is 10.2 Å². The second-order valence-electron chi connectivity index (χ2n) is 6.93. The number of nitrogens with one attached hydrogen (secondary N) is 1. The van der Waals surface area contributed by atoms with Crippen LogP contribution in [0.25, 0.3) is 11.2 Å². The monoisotopic (exact) mass is 366 g/mol. The average Bonchev–Trinajstić information content (AvgIpc) is 2.95. The number of rotatable bonds is 11. The first-order valence-corrected chi connectivity index (χ1v) is 9.39. The molecule has 1 unspecified atom stereocenters. The molecule has 0 aromatic carbocycles. The number of hydrogen-bond acceptors (Lipinski definition) is 5. The number of aromatic nitrogens is 4. The Labute approximate surface area is 152 Å². The number of aliphatic hydroxyl groups is 2. The molecule has 26 heavy (non-hydrogen) atoms. The lowest BCUT2D eigenvalue weighted by atomic mass is 10.1. The second kappa shape index (κ2) is 9.68. The SMILES string of the molecule is Cn1c(CCCCCCCCCC(O)CO)nc2c1c(=O)[nH]c(=O)n2C. The summed E-state index contributed by atoms with van der Waals surface area (Å²) < 4.78 is 3.15. The molecule has 146 valence electrons. The summed E-state index contributed by atoms with van der Waals surface area (Å²) in [5.74, 6) is 0.824. The number of fused-ring (bicyclic) bond motifs is 1. The van der Waals surface area contributed by atoms with Crippen LogP contribution in [-0.4, -0.2) is 42.0 Å². The molecule has 0 radical (unpaired) electrons. The highest BCUT2D eigenvalue weighted by molar-refractivity contribution is 5.70. The van der Waals surface area contributed by atoms with Crippen LogP contribution in [0.4, 0.5) is 0 Å². The van der Waals surface area contributed by atoms with Crippen LogP contribution in [0.3, 0.4) is 0 Å². The van der Waals surface area contributed by atoms with Gasteiger partial charge in [0.05, 0.1) is 12.7 Å². The van der Waals surface area contributed by atoms with Crippen LogP contribution in [-0.2, 0) is 20.5 Å². The Kier molecular flexibility index (Phi) is 7.59. The molecule has 0 amide bonds. The number of hydrogen-bond donors (Lipinski definition) is 3. The third-order valence-electron chi connectivity index (χ3n) is 4.88. The molecule has 2 aromatic heterocycles. The Balaban J connectivity index is 1.75. The zero-order valence-electron chi connectivity index (χ0n) is 15.7. The number of nitrogens with zero attached hydrogens (tertiary/aromatic N) is 3. The molecule has 0 aliphatic rings. The van der Waals surface area contributed by atoms with E-state index in [1.54, 1.807) is 11.6 Å². The Bertz CT molecular complexity index is 821. The van der Waals surface area contributed by atoms with Crippen molar-refractivity contribution in [2.24, 2.45) is 14.1 Å². The molecule has 3 N–H and O–H groups in total. The van der Waals surface area contributed by atoms with Gasteiger partial charge in [-0.1, -0.05) is 38.5 Å². The molecule has 2 heterocycles.